The highest BCUT2D eigenvalue weighted by atomic mass is 35.5. The summed E-state index contributed by atoms with van der Waals surface area (Å²) >= 11 is 6.23. The highest BCUT2D eigenvalue weighted by molar-refractivity contribution is 7.87. The number of carbonyl (C=O) groups excluding carboxylic acids is 1. The fraction of sp³-hybridized carbons (Fsp3) is 0.240. The van der Waals surface area contributed by atoms with Gasteiger partial charge >= 0.3 is 10.1 Å². The molecule has 0 radical (unpaired) electrons. The van der Waals surface area contributed by atoms with Crippen molar-refractivity contribution in [1.82, 2.24) is 4.90 Å². The highest BCUT2D eigenvalue weighted by Gasteiger charge is 2.22. The zero-order chi connectivity index (χ0) is 24.9. The Morgan fingerprint density at radius 2 is 1.71 bits per heavy atom. The molecule has 34 heavy (non-hydrogen) atoms. The molecular formula is C25H25ClFNO5S. The summed E-state index contributed by atoms with van der Waals surface area (Å²) in [5.74, 6) is -0.468. The lowest BCUT2D eigenvalue weighted by Gasteiger charge is -2.25. The SMILES string of the molecule is COc1ccc(CN(CC(C)C)C(=O)c2ccccc2Cl)cc1OS(=O)(=O)c1ccc(F)cc1. The Balaban J connectivity index is 1.91. The van der Waals surface area contributed by atoms with Gasteiger partial charge in [0.05, 0.1) is 17.7 Å². The smallest absolute Gasteiger partial charge is 0.339 e. The van der Waals surface area contributed by atoms with Crippen LogP contribution in [0.3, 0.4) is 0 Å². The minimum Gasteiger partial charge on any atom is -0.493 e. The molecular weight excluding hydrogens is 481 g/mol. The third-order valence-corrected chi connectivity index (χ3v) is 6.46. The Kier molecular flexibility index (Phi) is 8.17. The lowest BCUT2D eigenvalue weighted by molar-refractivity contribution is 0.0722. The van der Waals surface area contributed by atoms with Gasteiger partial charge in [0.2, 0.25) is 0 Å². The van der Waals surface area contributed by atoms with Gasteiger partial charge in [-0.3, -0.25) is 4.79 Å². The van der Waals surface area contributed by atoms with Crippen LogP contribution in [-0.4, -0.2) is 32.9 Å². The summed E-state index contributed by atoms with van der Waals surface area (Å²) in [4.78, 5) is 14.7. The molecule has 0 fully saturated rings. The van der Waals surface area contributed by atoms with Crippen LogP contribution < -0.4 is 8.92 Å². The minimum absolute atomic E-state index is 0.0426. The van der Waals surface area contributed by atoms with Crippen molar-refractivity contribution in [1.29, 1.82) is 0 Å². The van der Waals surface area contributed by atoms with Gasteiger partial charge in [0.15, 0.2) is 11.5 Å². The number of benzene rings is 3. The molecule has 3 aromatic rings. The van der Waals surface area contributed by atoms with E-state index in [0.29, 0.717) is 22.7 Å². The second kappa shape index (κ2) is 10.9. The maximum atomic E-state index is 13.2. The summed E-state index contributed by atoms with van der Waals surface area (Å²) < 4.78 is 49.2. The van der Waals surface area contributed by atoms with Crippen LogP contribution in [0.4, 0.5) is 4.39 Å². The molecule has 3 aromatic carbocycles. The van der Waals surface area contributed by atoms with Crippen LogP contribution in [0.25, 0.3) is 0 Å². The van der Waals surface area contributed by atoms with E-state index in [1.54, 1.807) is 41.3 Å². The van der Waals surface area contributed by atoms with E-state index in [4.69, 9.17) is 20.5 Å². The Bertz CT molecular complexity index is 1260. The molecule has 0 bridgehead atoms. The van der Waals surface area contributed by atoms with E-state index in [1.807, 2.05) is 13.8 Å². The van der Waals surface area contributed by atoms with Crippen molar-refractivity contribution in [2.45, 2.75) is 25.3 Å². The monoisotopic (exact) mass is 505 g/mol. The van der Waals surface area contributed by atoms with Gasteiger partial charge in [0.1, 0.15) is 10.7 Å². The van der Waals surface area contributed by atoms with E-state index in [-0.39, 0.29) is 34.8 Å². The summed E-state index contributed by atoms with van der Waals surface area (Å²) in [6, 6.07) is 15.9. The number of nitrogens with zero attached hydrogens (tertiary/aromatic N) is 1. The van der Waals surface area contributed by atoms with Crippen LogP contribution in [0.5, 0.6) is 11.5 Å². The standard InChI is InChI=1S/C25H25ClFNO5S/c1-17(2)15-28(25(29)21-6-4-5-7-22(21)26)16-18-8-13-23(32-3)24(14-18)33-34(30,31)20-11-9-19(27)10-12-20/h4-14,17H,15-16H2,1-3H3. The number of rotatable bonds is 9. The molecule has 0 aromatic heterocycles. The molecule has 0 saturated carbocycles. The summed E-state index contributed by atoms with van der Waals surface area (Å²) in [6.07, 6.45) is 0. The van der Waals surface area contributed by atoms with E-state index >= 15 is 0 Å². The Labute approximate surface area is 204 Å². The van der Waals surface area contributed by atoms with Crippen LogP contribution in [0.1, 0.15) is 29.8 Å². The zero-order valence-electron chi connectivity index (χ0n) is 19.0. The maximum Gasteiger partial charge on any atom is 0.339 e. The number of hydrogen-bond acceptors (Lipinski definition) is 5. The largest absolute Gasteiger partial charge is 0.493 e. The van der Waals surface area contributed by atoms with E-state index in [1.165, 1.54) is 13.2 Å². The van der Waals surface area contributed by atoms with Crippen molar-refractivity contribution in [2.24, 2.45) is 5.92 Å². The Hall–Kier alpha value is -3.10. The van der Waals surface area contributed by atoms with Gasteiger partial charge in [-0.2, -0.15) is 8.42 Å². The second-order valence-corrected chi connectivity index (χ2v) is 9.99. The van der Waals surface area contributed by atoms with Crippen molar-refractivity contribution in [3.63, 3.8) is 0 Å². The van der Waals surface area contributed by atoms with Gasteiger partial charge in [0.25, 0.3) is 5.91 Å². The molecule has 0 N–H and O–H groups in total. The lowest BCUT2D eigenvalue weighted by Crippen LogP contribution is -2.34. The predicted octanol–water partition coefficient (Wildman–Crippen LogP) is 5.55. The van der Waals surface area contributed by atoms with Crippen molar-refractivity contribution in [3.05, 3.63) is 88.7 Å². The third kappa shape index (κ3) is 6.27. The van der Waals surface area contributed by atoms with Crippen molar-refractivity contribution >= 4 is 27.6 Å². The van der Waals surface area contributed by atoms with Crippen molar-refractivity contribution in [2.75, 3.05) is 13.7 Å². The Morgan fingerprint density at radius 3 is 2.32 bits per heavy atom. The molecule has 0 atom stereocenters. The molecule has 0 heterocycles. The second-order valence-electron chi connectivity index (χ2n) is 8.04. The summed E-state index contributed by atoms with van der Waals surface area (Å²) in [6.45, 7) is 4.63. The molecule has 0 saturated heterocycles. The van der Waals surface area contributed by atoms with Crippen LogP contribution in [-0.2, 0) is 16.7 Å². The molecule has 0 spiro atoms. The Morgan fingerprint density at radius 1 is 1.03 bits per heavy atom. The summed E-state index contributed by atoms with van der Waals surface area (Å²) in [7, 11) is -2.85. The lowest BCUT2D eigenvalue weighted by atomic mass is 10.1. The quantitative estimate of drug-likeness (QED) is 0.356. The first-order valence-corrected chi connectivity index (χ1v) is 12.3. The third-order valence-electron chi connectivity index (χ3n) is 4.88. The number of methoxy groups -OCH3 is 1. The first-order valence-electron chi connectivity index (χ1n) is 10.5. The maximum absolute atomic E-state index is 13.2. The van der Waals surface area contributed by atoms with Gasteiger partial charge in [0, 0.05) is 13.1 Å². The van der Waals surface area contributed by atoms with E-state index in [9.17, 15) is 17.6 Å². The van der Waals surface area contributed by atoms with E-state index < -0.39 is 15.9 Å². The number of halogens is 2. The fourth-order valence-corrected chi connectivity index (χ4v) is 4.49. The summed E-state index contributed by atoms with van der Waals surface area (Å²) in [5.41, 5.74) is 1.01. The van der Waals surface area contributed by atoms with Gasteiger partial charge in [-0.25, -0.2) is 4.39 Å². The minimum atomic E-state index is -4.24. The molecule has 0 unspecified atom stereocenters. The van der Waals surface area contributed by atoms with Gasteiger partial charge in [-0.15, -0.1) is 0 Å². The van der Waals surface area contributed by atoms with E-state index in [2.05, 4.69) is 0 Å². The van der Waals surface area contributed by atoms with Gasteiger partial charge in [-0.1, -0.05) is 43.6 Å². The normalized spacial score (nSPS) is 11.4. The van der Waals surface area contributed by atoms with Crippen molar-refractivity contribution in [3.8, 4) is 11.5 Å². The average molecular weight is 506 g/mol. The zero-order valence-corrected chi connectivity index (χ0v) is 20.6. The topological polar surface area (TPSA) is 72.9 Å². The first-order chi connectivity index (χ1) is 16.1. The van der Waals surface area contributed by atoms with Crippen LogP contribution in [0, 0.1) is 11.7 Å². The molecule has 0 aliphatic carbocycles. The predicted molar refractivity (Wildman–Crippen MR) is 128 cm³/mol. The van der Waals surface area contributed by atoms with E-state index in [0.717, 1.165) is 24.3 Å². The molecule has 0 aliphatic rings. The van der Waals surface area contributed by atoms with Crippen LogP contribution in [0.15, 0.2) is 71.6 Å². The number of amides is 1. The molecule has 180 valence electrons. The average Bonchev–Trinajstić information content (AvgIpc) is 2.78. The van der Waals surface area contributed by atoms with Crippen molar-refractivity contribution < 1.29 is 26.5 Å². The van der Waals surface area contributed by atoms with Crippen LogP contribution >= 0.6 is 11.6 Å². The highest BCUT2D eigenvalue weighted by Crippen LogP contribution is 2.32. The number of carbonyl (C=O) groups is 1. The molecule has 3 rings (SSSR count). The number of hydrogen-bond donors (Lipinski definition) is 0. The molecule has 1 amide bonds. The van der Waals surface area contributed by atoms with Crippen LogP contribution in [0.2, 0.25) is 5.02 Å². The first kappa shape index (κ1) is 25.5. The molecule has 6 nitrogen and oxygen atoms in total. The molecule has 0 aliphatic heterocycles. The fourth-order valence-electron chi connectivity index (χ4n) is 3.34. The van der Waals surface area contributed by atoms with Gasteiger partial charge < -0.3 is 13.8 Å². The number of ether oxygens (including phenoxy) is 1. The van der Waals surface area contributed by atoms with Gasteiger partial charge in [-0.05, 0) is 60.0 Å². The summed E-state index contributed by atoms with van der Waals surface area (Å²) in [5, 5.41) is 0.352. The molecule has 9 heteroatoms.